The second-order valence-electron chi connectivity index (χ2n) is 5.65. The summed E-state index contributed by atoms with van der Waals surface area (Å²) in [6.45, 7) is 8.45. The summed E-state index contributed by atoms with van der Waals surface area (Å²) < 4.78 is 5.59. The smallest absolute Gasteiger partial charge is 0.0902 e. The van der Waals surface area contributed by atoms with Crippen LogP contribution >= 0.6 is 12.2 Å². The van der Waals surface area contributed by atoms with Gasteiger partial charge in [0.2, 0.25) is 0 Å². The lowest BCUT2D eigenvalue weighted by Crippen LogP contribution is -2.56. The van der Waals surface area contributed by atoms with E-state index < -0.39 is 0 Å². The van der Waals surface area contributed by atoms with Gasteiger partial charge in [-0.25, -0.2) is 0 Å². The van der Waals surface area contributed by atoms with E-state index in [9.17, 15) is 0 Å². The van der Waals surface area contributed by atoms with Gasteiger partial charge in [0.05, 0.1) is 17.6 Å². The van der Waals surface area contributed by atoms with Gasteiger partial charge in [-0.1, -0.05) is 25.6 Å². The summed E-state index contributed by atoms with van der Waals surface area (Å²) in [6, 6.07) is 0.926. The fraction of sp³-hybridized carbons (Fsp3) is 0.929. The Morgan fingerprint density at radius 3 is 2.63 bits per heavy atom. The lowest BCUT2D eigenvalue weighted by Gasteiger charge is -2.42. The first-order chi connectivity index (χ1) is 9.22. The van der Waals surface area contributed by atoms with E-state index in [1.165, 1.54) is 12.8 Å². The van der Waals surface area contributed by atoms with Crippen molar-refractivity contribution in [3.8, 4) is 0 Å². The molecule has 0 bridgehead atoms. The largest absolute Gasteiger partial charge is 0.392 e. The van der Waals surface area contributed by atoms with E-state index in [4.69, 9.17) is 22.7 Å². The number of thiocarbonyl (C=S) groups is 1. The number of ether oxygens (including phenoxy) is 1. The van der Waals surface area contributed by atoms with E-state index in [0.717, 1.165) is 52.2 Å². The van der Waals surface area contributed by atoms with Gasteiger partial charge in [-0.2, -0.15) is 0 Å². The molecular weight excluding hydrogens is 258 g/mol. The van der Waals surface area contributed by atoms with Crippen LogP contribution in [0.5, 0.6) is 0 Å². The SMILES string of the molecule is CCCC(C(N)=S)N1CCN(C2CCCOC2)CC1. The highest BCUT2D eigenvalue weighted by Gasteiger charge is 2.29. The van der Waals surface area contributed by atoms with Crippen molar-refractivity contribution in [2.75, 3.05) is 39.4 Å². The van der Waals surface area contributed by atoms with Crippen LogP contribution in [0.2, 0.25) is 0 Å². The number of rotatable bonds is 5. The van der Waals surface area contributed by atoms with Crippen LogP contribution in [0.4, 0.5) is 0 Å². The van der Waals surface area contributed by atoms with Crippen LogP contribution in [0.3, 0.4) is 0 Å². The van der Waals surface area contributed by atoms with Crippen molar-refractivity contribution in [1.29, 1.82) is 0 Å². The molecule has 0 aromatic rings. The van der Waals surface area contributed by atoms with Crippen molar-refractivity contribution in [2.45, 2.75) is 44.7 Å². The molecule has 2 heterocycles. The Labute approximate surface area is 122 Å². The molecule has 4 nitrogen and oxygen atoms in total. The van der Waals surface area contributed by atoms with Gasteiger partial charge in [-0.15, -0.1) is 0 Å². The lowest BCUT2D eigenvalue weighted by molar-refractivity contribution is -0.00443. The molecule has 0 radical (unpaired) electrons. The van der Waals surface area contributed by atoms with Crippen molar-refractivity contribution >= 4 is 17.2 Å². The molecule has 0 spiro atoms. The van der Waals surface area contributed by atoms with Crippen LogP contribution in [-0.2, 0) is 4.74 Å². The predicted octanol–water partition coefficient (Wildman–Crippen LogP) is 1.24. The molecule has 2 atom stereocenters. The molecule has 2 N–H and O–H groups in total. The summed E-state index contributed by atoms with van der Waals surface area (Å²) in [6.07, 6.45) is 4.71. The third-order valence-electron chi connectivity index (χ3n) is 4.33. The van der Waals surface area contributed by atoms with Crippen LogP contribution in [0.1, 0.15) is 32.6 Å². The Kier molecular flexibility index (Phi) is 6.01. The third-order valence-corrected chi connectivity index (χ3v) is 4.60. The van der Waals surface area contributed by atoms with Crippen molar-refractivity contribution in [2.24, 2.45) is 5.73 Å². The van der Waals surface area contributed by atoms with Gasteiger partial charge in [-0.3, -0.25) is 9.80 Å². The summed E-state index contributed by atoms with van der Waals surface area (Å²) in [4.78, 5) is 5.71. The van der Waals surface area contributed by atoms with Crippen molar-refractivity contribution in [1.82, 2.24) is 9.80 Å². The minimum atomic E-state index is 0.296. The Morgan fingerprint density at radius 2 is 2.11 bits per heavy atom. The number of hydrogen-bond acceptors (Lipinski definition) is 4. The predicted molar refractivity (Wildman–Crippen MR) is 82.5 cm³/mol. The molecular formula is C14H27N3OS. The van der Waals surface area contributed by atoms with E-state index in [1.807, 2.05) is 0 Å². The summed E-state index contributed by atoms with van der Waals surface area (Å²) in [5.41, 5.74) is 5.89. The normalized spacial score (nSPS) is 28.2. The van der Waals surface area contributed by atoms with Crippen molar-refractivity contribution in [3.05, 3.63) is 0 Å². The van der Waals surface area contributed by atoms with Crippen LogP contribution in [0, 0.1) is 0 Å². The highest BCUT2D eigenvalue weighted by molar-refractivity contribution is 7.80. The first-order valence-electron chi connectivity index (χ1n) is 7.57. The molecule has 2 aliphatic heterocycles. The lowest BCUT2D eigenvalue weighted by atomic mass is 10.1. The first-order valence-corrected chi connectivity index (χ1v) is 7.98. The van der Waals surface area contributed by atoms with E-state index in [1.54, 1.807) is 0 Å². The van der Waals surface area contributed by atoms with Gasteiger partial charge in [0.15, 0.2) is 0 Å². The summed E-state index contributed by atoms with van der Waals surface area (Å²) in [5.74, 6) is 0. The Balaban J connectivity index is 1.82. The van der Waals surface area contributed by atoms with E-state index >= 15 is 0 Å². The molecule has 2 saturated heterocycles. The zero-order valence-corrected chi connectivity index (χ0v) is 12.8. The average molecular weight is 285 g/mol. The van der Waals surface area contributed by atoms with Crippen molar-refractivity contribution < 1.29 is 4.74 Å². The molecule has 19 heavy (non-hydrogen) atoms. The summed E-state index contributed by atoms with van der Waals surface area (Å²) in [5, 5.41) is 0. The third kappa shape index (κ3) is 4.12. The molecule has 0 aromatic carbocycles. The molecule has 0 aromatic heterocycles. The van der Waals surface area contributed by atoms with E-state index in [-0.39, 0.29) is 0 Å². The van der Waals surface area contributed by atoms with Gasteiger partial charge in [0.25, 0.3) is 0 Å². The molecule has 5 heteroatoms. The number of nitrogens with zero attached hydrogens (tertiary/aromatic N) is 2. The Hall–Kier alpha value is -0.230. The average Bonchev–Trinajstić information content (AvgIpc) is 2.46. The van der Waals surface area contributed by atoms with Gasteiger partial charge in [-0.05, 0) is 19.3 Å². The minimum absolute atomic E-state index is 0.296. The molecule has 0 saturated carbocycles. The topological polar surface area (TPSA) is 41.7 Å². The van der Waals surface area contributed by atoms with Crippen LogP contribution in [-0.4, -0.2) is 66.3 Å². The van der Waals surface area contributed by atoms with E-state index in [0.29, 0.717) is 17.1 Å². The van der Waals surface area contributed by atoms with Crippen LogP contribution in [0.25, 0.3) is 0 Å². The first kappa shape index (κ1) is 15.2. The summed E-state index contributed by atoms with van der Waals surface area (Å²) >= 11 is 5.22. The molecule has 2 rings (SSSR count). The number of piperazine rings is 1. The maximum Gasteiger partial charge on any atom is 0.0902 e. The molecule has 2 aliphatic rings. The highest BCUT2D eigenvalue weighted by Crippen LogP contribution is 2.18. The molecule has 2 unspecified atom stereocenters. The quantitative estimate of drug-likeness (QED) is 0.770. The molecule has 2 fully saturated rings. The molecule has 110 valence electrons. The van der Waals surface area contributed by atoms with Gasteiger partial charge < -0.3 is 10.5 Å². The highest BCUT2D eigenvalue weighted by atomic mass is 32.1. The van der Waals surface area contributed by atoms with Crippen LogP contribution in [0.15, 0.2) is 0 Å². The molecule has 0 amide bonds. The number of nitrogens with two attached hydrogens (primary N) is 1. The van der Waals surface area contributed by atoms with Crippen molar-refractivity contribution in [3.63, 3.8) is 0 Å². The van der Waals surface area contributed by atoms with E-state index in [2.05, 4.69) is 16.7 Å². The Morgan fingerprint density at radius 1 is 1.37 bits per heavy atom. The second kappa shape index (κ2) is 7.53. The summed E-state index contributed by atoms with van der Waals surface area (Å²) in [7, 11) is 0. The fourth-order valence-electron chi connectivity index (χ4n) is 3.20. The maximum atomic E-state index is 5.89. The number of hydrogen-bond donors (Lipinski definition) is 1. The minimum Gasteiger partial charge on any atom is -0.392 e. The maximum absolute atomic E-state index is 5.89. The van der Waals surface area contributed by atoms with Gasteiger partial charge in [0.1, 0.15) is 0 Å². The van der Waals surface area contributed by atoms with Gasteiger partial charge >= 0.3 is 0 Å². The standard InChI is InChI=1S/C14H27N3OS/c1-2-4-13(14(15)19)17-8-6-16(7-9-17)12-5-3-10-18-11-12/h12-13H,2-11H2,1H3,(H2,15,19). The zero-order valence-electron chi connectivity index (χ0n) is 12.0. The second-order valence-corrected chi connectivity index (χ2v) is 6.12. The Bertz CT molecular complexity index is 286. The zero-order chi connectivity index (χ0) is 13.7. The van der Waals surface area contributed by atoms with Gasteiger partial charge in [0, 0.05) is 38.8 Å². The fourth-order valence-corrected chi connectivity index (χ4v) is 3.47. The monoisotopic (exact) mass is 285 g/mol. The van der Waals surface area contributed by atoms with Crippen LogP contribution < -0.4 is 5.73 Å². The molecule has 0 aliphatic carbocycles.